The molecule has 4 aromatic rings. The molecule has 8 heteroatoms. The van der Waals surface area contributed by atoms with Crippen LogP contribution in [-0.2, 0) is 12.8 Å². The minimum atomic E-state index is -0.359. The Balaban J connectivity index is 1.46. The third-order valence-corrected chi connectivity index (χ3v) is 7.03. The molecule has 0 aliphatic heterocycles. The number of hydrogen-bond acceptors (Lipinski definition) is 5. The fourth-order valence-corrected chi connectivity index (χ4v) is 5.38. The molecular weight excluding hydrogens is 429 g/mol. The lowest BCUT2D eigenvalue weighted by atomic mass is 9.90. The van der Waals surface area contributed by atoms with E-state index in [2.05, 4.69) is 27.8 Å². The molecule has 0 saturated carbocycles. The SMILES string of the molecule is O=C(Nc1nonc1-c1ccc2c(c1)CCCC2)c1sc2cc(Cl)ccc2c1Cl. The quantitative estimate of drug-likeness (QED) is 0.398. The number of rotatable bonds is 3. The first-order chi connectivity index (χ1) is 14.1. The Morgan fingerprint density at radius 1 is 1.03 bits per heavy atom. The molecule has 0 atom stereocenters. The van der Waals surface area contributed by atoms with Crippen LogP contribution >= 0.6 is 34.5 Å². The number of anilines is 1. The number of nitrogens with zero attached hydrogens (tertiary/aromatic N) is 2. The van der Waals surface area contributed by atoms with Crippen LogP contribution in [-0.4, -0.2) is 16.2 Å². The van der Waals surface area contributed by atoms with Crippen LogP contribution in [0.15, 0.2) is 41.0 Å². The van der Waals surface area contributed by atoms with E-state index in [1.807, 2.05) is 12.1 Å². The monoisotopic (exact) mass is 443 g/mol. The smallest absolute Gasteiger partial charge is 0.268 e. The van der Waals surface area contributed by atoms with E-state index in [4.69, 9.17) is 27.8 Å². The van der Waals surface area contributed by atoms with Crippen LogP contribution in [0.4, 0.5) is 5.82 Å². The van der Waals surface area contributed by atoms with Gasteiger partial charge in [0.05, 0.1) is 5.02 Å². The normalized spacial score (nSPS) is 13.4. The molecule has 0 bridgehead atoms. The van der Waals surface area contributed by atoms with Crippen molar-refractivity contribution in [1.29, 1.82) is 0 Å². The summed E-state index contributed by atoms with van der Waals surface area (Å²) >= 11 is 13.8. The van der Waals surface area contributed by atoms with Gasteiger partial charge in [-0.25, -0.2) is 4.63 Å². The van der Waals surface area contributed by atoms with Gasteiger partial charge < -0.3 is 5.32 Å². The van der Waals surface area contributed by atoms with Crippen LogP contribution in [0.3, 0.4) is 0 Å². The van der Waals surface area contributed by atoms with Crippen molar-refractivity contribution in [3.05, 3.63) is 62.4 Å². The van der Waals surface area contributed by atoms with Crippen molar-refractivity contribution in [1.82, 2.24) is 10.3 Å². The van der Waals surface area contributed by atoms with E-state index in [0.29, 0.717) is 20.6 Å². The summed E-state index contributed by atoms with van der Waals surface area (Å²) in [6.45, 7) is 0. The van der Waals surface area contributed by atoms with Gasteiger partial charge in [-0.1, -0.05) is 41.4 Å². The maximum Gasteiger partial charge on any atom is 0.268 e. The Morgan fingerprint density at radius 2 is 1.86 bits per heavy atom. The molecule has 1 amide bonds. The van der Waals surface area contributed by atoms with Crippen molar-refractivity contribution in [2.45, 2.75) is 25.7 Å². The molecule has 5 rings (SSSR count). The van der Waals surface area contributed by atoms with Crippen molar-refractivity contribution in [3.63, 3.8) is 0 Å². The first-order valence-electron chi connectivity index (χ1n) is 9.24. The van der Waals surface area contributed by atoms with Crippen LogP contribution < -0.4 is 5.32 Å². The van der Waals surface area contributed by atoms with Gasteiger partial charge in [0.15, 0.2) is 5.69 Å². The van der Waals surface area contributed by atoms with Crippen molar-refractivity contribution >= 4 is 56.3 Å². The van der Waals surface area contributed by atoms with Gasteiger partial charge in [0, 0.05) is 20.7 Å². The van der Waals surface area contributed by atoms with Gasteiger partial charge in [-0.3, -0.25) is 4.79 Å². The van der Waals surface area contributed by atoms with Crippen LogP contribution in [0.5, 0.6) is 0 Å². The number of halogens is 2. The molecule has 29 heavy (non-hydrogen) atoms. The van der Waals surface area contributed by atoms with Crippen LogP contribution in [0.1, 0.15) is 33.6 Å². The number of hydrogen-bond donors (Lipinski definition) is 1. The highest BCUT2D eigenvalue weighted by molar-refractivity contribution is 7.21. The van der Waals surface area contributed by atoms with Crippen molar-refractivity contribution in [2.24, 2.45) is 0 Å². The van der Waals surface area contributed by atoms with E-state index >= 15 is 0 Å². The Labute approximate surface area is 180 Å². The third-order valence-electron chi connectivity index (χ3n) is 5.14. The molecule has 0 fully saturated rings. The summed E-state index contributed by atoms with van der Waals surface area (Å²) in [5.41, 5.74) is 4.07. The highest BCUT2D eigenvalue weighted by Gasteiger charge is 2.22. The Bertz CT molecular complexity index is 1250. The Hall–Kier alpha value is -2.41. The second-order valence-corrected chi connectivity index (χ2v) is 8.86. The molecule has 0 unspecified atom stereocenters. The fourth-order valence-electron chi connectivity index (χ4n) is 3.69. The van der Waals surface area contributed by atoms with Crippen LogP contribution in [0.2, 0.25) is 10.0 Å². The lowest BCUT2D eigenvalue weighted by Crippen LogP contribution is -2.12. The third kappa shape index (κ3) is 3.41. The zero-order valence-electron chi connectivity index (χ0n) is 15.2. The van der Waals surface area contributed by atoms with Gasteiger partial charge in [0.25, 0.3) is 5.91 Å². The number of thiophene rings is 1. The first kappa shape index (κ1) is 18.6. The van der Waals surface area contributed by atoms with E-state index in [-0.39, 0.29) is 11.7 Å². The van der Waals surface area contributed by atoms with Gasteiger partial charge >= 0.3 is 0 Å². The summed E-state index contributed by atoms with van der Waals surface area (Å²) in [6, 6.07) is 11.6. The van der Waals surface area contributed by atoms with Gasteiger partial charge in [-0.2, -0.15) is 0 Å². The average molecular weight is 444 g/mol. The van der Waals surface area contributed by atoms with Gasteiger partial charge in [-0.05, 0) is 65.3 Å². The minimum Gasteiger partial charge on any atom is -0.301 e. The standard InChI is InChI=1S/C21H15Cl2N3O2S/c22-14-7-8-15-16(10-14)29-19(17(15)23)21(27)24-20-18(25-28-26-20)13-6-5-11-3-1-2-4-12(11)9-13/h5-10H,1-4H2,(H,24,26,27). The zero-order valence-corrected chi connectivity index (χ0v) is 17.5. The molecule has 2 heterocycles. The zero-order chi connectivity index (χ0) is 20.0. The largest absolute Gasteiger partial charge is 0.301 e. The number of carbonyl (C=O) groups excluding carboxylic acids is 1. The number of carbonyl (C=O) groups is 1. The lowest BCUT2D eigenvalue weighted by Gasteiger charge is -2.16. The number of benzene rings is 2. The van der Waals surface area contributed by atoms with Crippen LogP contribution in [0.25, 0.3) is 21.3 Å². The molecule has 1 N–H and O–H groups in total. The molecule has 146 valence electrons. The number of nitrogens with one attached hydrogen (secondary N) is 1. The Kier molecular flexibility index (Phi) is 4.78. The van der Waals surface area contributed by atoms with Crippen molar-refractivity contribution in [2.75, 3.05) is 5.32 Å². The average Bonchev–Trinajstić information content (AvgIpc) is 3.31. The highest BCUT2D eigenvalue weighted by Crippen LogP contribution is 2.37. The molecule has 0 saturated heterocycles. The predicted octanol–water partition coefficient (Wildman–Crippen LogP) is 6.39. The summed E-state index contributed by atoms with van der Waals surface area (Å²) in [6.07, 6.45) is 4.56. The maximum absolute atomic E-state index is 12.9. The number of fused-ring (bicyclic) bond motifs is 2. The number of aromatic nitrogens is 2. The topological polar surface area (TPSA) is 68.0 Å². The molecular formula is C21H15Cl2N3O2S. The minimum absolute atomic E-state index is 0.275. The summed E-state index contributed by atoms with van der Waals surface area (Å²) in [4.78, 5) is 13.3. The van der Waals surface area contributed by atoms with Gasteiger partial charge in [0.2, 0.25) is 5.82 Å². The van der Waals surface area contributed by atoms with E-state index in [1.54, 1.807) is 12.1 Å². The summed E-state index contributed by atoms with van der Waals surface area (Å²) in [7, 11) is 0. The van der Waals surface area contributed by atoms with Crippen molar-refractivity contribution < 1.29 is 9.42 Å². The number of amides is 1. The first-order valence-corrected chi connectivity index (χ1v) is 10.8. The summed E-state index contributed by atoms with van der Waals surface area (Å²) < 4.78 is 5.77. The van der Waals surface area contributed by atoms with E-state index in [0.717, 1.165) is 28.5 Å². The molecule has 2 aromatic heterocycles. The van der Waals surface area contributed by atoms with Crippen LogP contribution in [0, 0.1) is 0 Å². The molecule has 1 aliphatic rings. The summed E-state index contributed by atoms with van der Waals surface area (Å²) in [5.74, 6) is -0.0838. The second-order valence-electron chi connectivity index (χ2n) is 6.99. The second kappa shape index (κ2) is 7.44. The molecule has 0 radical (unpaired) electrons. The summed E-state index contributed by atoms with van der Waals surface area (Å²) in [5, 5.41) is 12.5. The van der Waals surface area contributed by atoms with Gasteiger partial charge in [0.1, 0.15) is 4.88 Å². The molecule has 2 aromatic carbocycles. The van der Waals surface area contributed by atoms with Crippen molar-refractivity contribution in [3.8, 4) is 11.3 Å². The highest BCUT2D eigenvalue weighted by atomic mass is 35.5. The number of aryl methyl sites for hydroxylation is 2. The molecule has 1 aliphatic carbocycles. The lowest BCUT2D eigenvalue weighted by molar-refractivity contribution is 0.102. The fraction of sp³-hybridized carbons (Fsp3) is 0.190. The van der Waals surface area contributed by atoms with Gasteiger partial charge in [-0.15, -0.1) is 11.3 Å². The molecule has 0 spiro atoms. The van der Waals surface area contributed by atoms with E-state index in [9.17, 15) is 4.79 Å². The van der Waals surface area contributed by atoms with E-state index in [1.165, 1.54) is 35.3 Å². The Morgan fingerprint density at radius 3 is 2.72 bits per heavy atom. The maximum atomic E-state index is 12.9. The van der Waals surface area contributed by atoms with E-state index < -0.39 is 0 Å². The predicted molar refractivity (Wildman–Crippen MR) is 116 cm³/mol. The molecule has 5 nitrogen and oxygen atoms in total.